The first-order chi connectivity index (χ1) is 13.1. The summed E-state index contributed by atoms with van der Waals surface area (Å²) in [5.41, 5.74) is 1.21. The van der Waals surface area contributed by atoms with Crippen molar-refractivity contribution in [2.24, 2.45) is 0 Å². The molecule has 0 unspecified atom stereocenters. The number of likely N-dealkylation sites (N-methyl/N-ethyl adjacent to an activating group) is 1. The van der Waals surface area contributed by atoms with Crippen LogP contribution in [-0.4, -0.2) is 35.3 Å². The fraction of sp³-hybridized carbons (Fsp3) is 0.200. The molecule has 0 saturated carbocycles. The third kappa shape index (κ3) is 4.38. The molecule has 0 atom stereocenters. The first-order valence-electron chi connectivity index (χ1n) is 8.48. The van der Waals surface area contributed by atoms with Gasteiger partial charge in [0.25, 0.3) is 5.91 Å². The molecule has 0 aliphatic carbocycles. The summed E-state index contributed by atoms with van der Waals surface area (Å²) >= 11 is 0. The van der Waals surface area contributed by atoms with E-state index in [4.69, 9.17) is 4.74 Å². The number of hydrogen-bond acceptors (Lipinski definition) is 5. The van der Waals surface area contributed by atoms with Crippen LogP contribution >= 0.6 is 0 Å². The maximum absolute atomic E-state index is 12.1. The van der Waals surface area contributed by atoms with Crippen LogP contribution in [0.3, 0.4) is 0 Å². The molecule has 138 valence electrons. The maximum atomic E-state index is 12.1. The number of hydrogen-bond donors (Lipinski definition) is 0. The molecule has 7 heteroatoms. The fourth-order valence-corrected chi connectivity index (χ4v) is 2.64. The number of aryl methyl sites for hydroxylation is 1. The molecule has 3 aromatic rings. The average molecular weight is 365 g/mol. The predicted octanol–water partition coefficient (Wildman–Crippen LogP) is 1.99. The van der Waals surface area contributed by atoms with Crippen molar-refractivity contribution in [3.05, 3.63) is 71.0 Å². The number of carbonyl (C=O) groups is 2. The molecule has 0 spiro atoms. The molecule has 0 saturated heterocycles. The second-order valence-corrected chi connectivity index (χ2v) is 5.95. The smallest absolute Gasteiger partial charge is 0.308 e. The Bertz CT molecular complexity index is 1010. The number of aromatic nitrogens is 2. The normalized spacial score (nSPS) is 10.6. The van der Waals surface area contributed by atoms with Crippen LogP contribution in [0.15, 0.2) is 65.6 Å². The van der Waals surface area contributed by atoms with Crippen LogP contribution in [0.25, 0.3) is 10.9 Å². The van der Waals surface area contributed by atoms with Crippen molar-refractivity contribution in [2.45, 2.75) is 13.0 Å². The van der Waals surface area contributed by atoms with E-state index in [9.17, 15) is 14.4 Å². The van der Waals surface area contributed by atoms with Crippen molar-refractivity contribution >= 4 is 28.5 Å². The number of esters is 1. The lowest BCUT2D eigenvalue weighted by Crippen LogP contribution is -2.31. The minimum atomic E-state index is -0.505. The van der Waals surface area contributed by atoms with Crippen molar-refractivity contribution in [2.75, 3.05) is 18.6 Å². The number of rotatable bonds is 6. The van der Waals surface area contributed by atoms with Crippen molar-refractivity contribution in [3.8, 4) is 0 Å². The highest BCUT2D eigenvalue weighted by molar-refractivity contribution is 5.94. The summed E-state index contributed by atoms with van der Waals surface area (Å²) in [6.07, 6.45) is 1.27. The fourth-order valence-electron chi connectivity index (χ4n) is 2.64. The van der Waals surface area contributed by atoms with Gasteiger partial charge in [-0.15, -0.1) is 0 Å². The number of nitrogens with zero attached hydrogens (tertiary/aromatic N) is 3. The quantitative estimate of drug-likeness (QED) is 0.624. The molecule has 0 radical (unpaired) electrons. The van der Waals surface area contributed by atoms with E-state index in [1.54, 1.807) is 48.1 Å². The van der Waals surface area contributed by atoms with Gasteiger partial charge in [-0.2, -0.15) is 5.10 Å². The number of anilines is 1. The average Bonchev–Trinajstić information content (AvgIpc) is 2.71. The molecular weight excluding hydrogens is 346 g/mol. The van der Waals surface area contributed by atoms with E-state index < -0.39 is 5.97 Å². The lowest BCUT2D eigenvalue weighted by Gasteiger charge is -2.17. The minimum Gasteiger partial charge on any atom is -0.455 e. The van der Waals surface area contributed by atoms with E-state index in [1.807, 2.05) is 18.2 Å². The predicted molar refractivity (Wildman–Crippen MR) is 101 cm³/mol. The second kappa shape index (κ2) is 8.27. The largest absolute Gasteiger partial charge is 0.455 e. The van der Waals surface area contributed by atoms with Crippen molar-refractivity contribution in [1.82, 2.24) is 9.78 Å². The van der Waals surface area contributed by atoms with Gasteiger partial charge in [0.15, 0.2) is 6.61 Å². The van der Waals surface area contributed by atoms with Crippen molar-refractivity contribution in [3.63, 3.8) is 0 Å². The number of ether oxygens (including phenoxy) is 1. The van der Waals surface area contributed by atoms with Gasteiger partial charge in [0, 0.05) is 18.1 Å². The monoisotopic (exact) mass is 365 g/mol. The van der Waals surface area contributed by atoms with Crippen molar-refractivity contribution < 1.29 is 14.3 Å². The lowest BCUT2D eigenvalue weighted by atomic mass is 10.2. The highest BCUT2D eigenvalue weighted by atomic mass is 16.5. The standard InChI is InChI=1S/C20H19N3O4/c1-22(15-7-3-2-4-8-15)19(25)14-27-20(26)11-12-23-17-10-6-5-9-16(17)18(24)13-21-23/h2-10,13H,11-12,14H2,1H3. The number of para-hydroxylation sites is 2. The van der Waals surface area contributed by atoms with Crippen LogP contribution in [0.5, 0.6) is 0 Å². The van der Waals surface area contributed by atoms with Crippen LogP contribution in [0.4, 0.5) is 5.69 Å². The zero-order chi connectivity index (χ0) is 19.2. The number of fused-ring (bicyclic) bond motifs is 1. The van der Waals surface area contributed by atoms with Gasteiger partial charge in [0.05, 0.1) is 24.7 Å². The first-order valence-corrected chi connectivity index (χ1v) is 8.48. The molecule has 27 heavy (non-hydrogen) atoms. The summed E-state index contributed by atoms with van der Waals surface area (Å²) in [5.74, 6) is -0.823. The van der Waals surface area contributed by atoms with E-state index in [0.29, 0.717) is 10.9 Å². The van der Waals surface area contributed by atoms with Crippen molar-refractivity contribution in [1.29, 1.82) is 0 Å². The van der Waals surface area contributed by atoms with Gasteiger partial charge >= 0.3 is 5.97 Å². The molecular formula is C20H19N3O4. The van der Waals surface area contributed by atoms with Crippen LogP contribution in [0.1, 0.15) is 6.42 Å². The van der Waals surface area contributed by atoms with Crippen LogP contribution in [0, 0.1) is 0 Å². The Labute approximate surface area is 155 Å². The summed E-state index contributed by atoms with van der Waals surface area (Å²) in [5, 5.41) is 4.60. The molecule has 0 bridgehead atoms. The molecule has 3 rings (SSSR count). The van der Waals surface area contributed by atoms with E-state index in [2.05, 4.69) is 5.10 Å². The van der Waals surface area contributed by atoms with Gasteiger partial charge in [0.2, 0.25) is 5.43 Å². The molecule has 0 aliphatic rings. The zero-order valence-corrected chi connectivity index (χ0v) is 14.9. The molecule has 0 fully saturated rings. The van der Waals surface area contributed by atoms with Gasteiger partial charge in [-0.05, 0) is 24.3 Å². The number of amides is 1. The highest BCUT2D eigenvalue weighted by Crippen LogP contribution is 2.11. The van der Waals surface area contributed by atoms with Gasteiger partial charge in [-0.1, -0.05) is 30.3 Å². The van der Waals surface area contributed by atoms with E-state index >= 15 is 0 Å². The Morgan fingerprint density at radius 1 is 1.07 bits per heavy atom. The Morgan fingerprint density at radius 3 is 2.56 bits per heavy atom. The van der Waals surface area contributed by atoms with Gasteiger partial charge < -0.3 is 9.64 Å². The summed E-state index contributed by atoms with van der Waals surface area (Å²) < 4.78 is 6.65. The summed E-state index contributed by atoms with van der Waals surface area (Å²) in [7, 11) is 1.63. The molecule has 0 N–H and O–H groups in total. The molecule has 1 heterocycles. The van der Waals surface area contributed by atoms with E-state index in [0.717, 1.165) is 5.69 Å². The highest BCUT2D eigenvalue weighted by Gasteiger charge is 2.14. The van der Waals surface area contributed by atoms with Crippen LogP contribution in [0.2, 0.25) is 0 Å². The number of benzene rings is 2. The summed E-state index contributed by atoms with van der Waals surface area (Å²) in [6, 6.07) is 16.2. The minimum absolute atomic E-state index is 0.0438. The maximum Gasteiger partial charge on any atom is 0.308 e. The van der Waals surface area contributed by atoms with Crippen LogP contribution < -0.4 is 10.3 Å². The Kier molecular flexibility index (Phi) is 5.61. The van der Waals surface area contributed by atoms with Gasteiger partial charge in [-0.25, -0.2) is 0 Å². The molecule has 1 aromatic heterocycles. The molecule has 7 nitrogen and oxygen atoms in total. The Hall–Kier alpha value is -3.48. The third-order valence-electron chi connectivity index (χ3n) is 4.16. The topological polar surface area (TPSA) is 81.5 Å². The van der Waals surface area contributed by atoms with Gasteiger partial charge in [0.1, 0.15) is 0 Å². The number of carbonyl (C=O) groups excluding carboxylic acids is 2. The molecule has 2 aromatic carbocycles. The SMILES string of the molecule is CN(C(=O)COC(=O)CCn1ncc(=O)c2ccccc21)c1ccccc1. The van der Waals surface area contributed by atoms with E-state index in [1.165, 1.54) is 11.1 Å². The lowest BCUT2D eigenvalue weighted by molar-refractivity contribution is -0.148. The molecule has 1 amide bonds. The Balaban J connectivity index is 1.55. The first kappa shape index (κ1) is 18.3. The summed E-state index contributed by atoms with van der Waals surface area (Å²) in [6.45, 7) is -0.0785. The summed E-state index contributed by atoms with van der Waals surface area (Å²) in [4.78, 5) is 37.4. The van der Waals surface area contributed by atoms with E-state index in [-0.39, 0.29) is 30.9 Å². The zero-order valence-electron chi connectivity index (χ0n) is 14.9. The van der Waals surface area contributed by atoms with Crippen LogP contribution in [-0.2, 0) is 20.9 Å². The van der Waals surface area contributed by atoms with Gasteiger partial charge in [-0.3, -0.25) is 19.1 Å². The Morgan fingerprint density at radius 2 is 1.78 bits per heavy atom. The second-order valence-electron chi connectivity index (χ2n) is 5.95. The molecule has 0 aliphatic heterocycles. The third-order valence-corrected chi connectivity index (χ3v) is 4.16.